The lowest BCUT2D eigenvalue weighted by Gasteiger charge is -2.11. The molecule has 1 heterocycles. The standard InChI is InChI=1S/C16H10F3NO5/c17-16(18,19)25-9-3-1-8(2-4-9)10-5-6-12-14(20-15(23)24-12)11(10)7-13(21)22/h1-6H,7H2,(H,20,23)(H,21,22). The van der Waals surface area contributed by atoms with Crippen LogP contribution in [0.3, 0.4) is 0 Å². The van der Waals surface area contributed by atoms with Gasteiger partial charge < -0.3 is 14.3 Å². The number of aromatic nitrogens is 1. The average Bonchev–Trinajstić information content (AvgIpc) is 2.87. The van der Waals surface area contributed by atoms with Crippen LogP contribution in [0.5, 0.6) is 5.75 Å². The Morgan fingerprint density at radius 3 is 2.44 bits per heavy atom. The van der Waals surface area contributed by atoms with Gasteiger partial charge in [-0.15, -0.1) is 13.2 Å². The lowest BCUT2D eigenvalue weighted by molar-refractivity contribution is -0.274. The first-order valence-electron chi connectivity index (χ1n) is 6.95. The molecule has 0 radical (unpaired) electrons. The van der Waals surface area contributed by atoms with Gasteiger partial charge in [0.2, 0.25) is 0 Å². The molecular weight excluding hydrogens is 343 g/mol. The van der Waals surface area contributed by atoms with Crippen molar-refractivity contribution in [1.29, 1.82) is 0 Å². The van der Waals surface area contributed by atoms with Crippen LogP contribution in [0.1, 0.15) is 5.56 Å². The van der Waals surface area contributed by atoms with Crippen molar-refractivity contribution in [3.05, 3.63) is 52.5 Å². The third kappa shape index (κ3) is 3.65. The summed E-state index contributed by atoms with van der Waals surface area (Å²) in [4.78, 5) is 24.9. The first-order chi connectivity index (χ1) is 11.7. The van der Waals surface area contributed by atoms with Crippen LogP contribution in [0, 0.1) is 0 Å². The minimum Gasteiger partial charge on any atom is -0.481 e. The highest BCUT2D eigenvalue weighted by Crippen LogP contribution is 2.31. The van der Waals surface area contributed by atoms with E-state index in [1.807, 2.05) is 0 Å². The summed E-state index contributed by atoms with van der Waals surface area (Å²) in [6.07, 6.45) is -5.20. The molecule has 2 N–H and O–H groups in total. The van der Waals surface area contributed by atoms with E-state index in [2.05, 4.69) is 9.72 Å². The fourth-order valence-corrected chi connectivity index (χ4v) is 2.52. The molecule has 2 aromatic carbocycles. The van der Waals surface area contributed by atoms with Gasteiger partial charge in [0, 0.05) is 0 Å². The Kier molecular flexibility index (Phi) is 3.99. The van der Waals surface area contributed by atoms with Crippen LogP contribution >= 0.6 is 0 Å². The van der Waals surface area contributed by atoms with Crippen molar-refractivity contribution >= 4 is 17.1 Å². The number of alkyl halides is 3. The minimum absolute atomic E-state index is 0.196. The lowest BCUT2D eigenvalue weighted by atomic mass is 9.96. The molecule has 0 saturated carbocycles. The van der Waals surface area contributed by atoms with Crippen molar-refractivity contribution in [2.24, 2.45) is 0 Å². The molecule has 1 aromatic heterocycles. The summed E-state index contributed by atoms with van der Waals surface area (Å²) in [5.74, 6) is -2.26. The maximum absolute atomic E-state index is 12.2. The van der Waals surface area contributed by atoms with Gasteiger partial charge in [0.15, 0.2) is 5.58 Å². The van der Waals surface area contributed by atoms with Crippen LogP contribution < -0.4 is 10.5 Å². The van der Waals surface area contributed by atoms with Crippen LogP contribution in [-0.2, 0) is 11.2 Å². The predicted octanol–water partition coefficient (Wildman–Crippen LogP) is 3.31. The van der Waals surface area contributed by atoms with Crippen molar-refractivity contribution in [1.82, 2.24) is 4.98 Å². The second-order valence-corrected chi connectivity index (χ2v) is 5.12. The van der Waals surface area contributed by atoms with Gasteiger partial charge in [-0.3, -0.25) is 9.78 Å². The number of carbonyl (C=O) groups is 1. The van der Waals surface area contributed by atoms with Gasteiger partial charge in [-0.05, 0) is 34.9 Å². The first kappa shape index (κ1) is 16.6. The van der Waals surface area contributed by atoms with Gasteiger partial charge in [0.25, 0.3) is 0 Å². The first-order valence-corrected chi connectivity index (χ1v) is 6.95. The Hall–Kier alpha value is -3.23. The van der Waals surface area contributed by atoms with Gasteiger partial charge in [-0.25, -0.2) is 4.79 Å². The largest absolute Gasteiger partial charge is 0.573 e. The molecule has 0 saturated heterocycles. The van der Waals surface area contributed by atoms with E-state index in [1.54, 1.807) is 0 Å². The van der Waals surface area contributed by atoms with Crippen molar-refractivity contribution in [2.45, 2.75) is 12.8 Å². The Labute approximate surface area is 137 Å². The number of hydrogen-bond acceptors (Lipinski definition) is 4. The van der Waals surface area contributed by atoms with E-state index in [0.29, 0.717) is 16.7 Å². The number of aliphatic carboxylic acids is 1. The number of nitrogens with one attached hydrogen (secondary N) is 1. The molecule has 130 valence electrons. The Bertz CT molecular complexity index is 986. The molecule has 3 rings (SSSR count). The number of carboxylic acid groups (broad SMARTS) is 1. The maximum atomic E-state index is 12.2. The zero-order chi connectivity index (χ0) is 18.2. The molecule has 0 amide bonds. The monoisotopic (exact) mass is 353 g/mol. The number of hydrogen-bond donors (Lipinski definition) is 2. The summed E-state index contributed by atoms with van der Waals surface area (Å²) in [6.45, 7) is 0. The number of ether oxygens (including phenoxy) is 1. The number of halogens is 3. The molecule has 0 fully saturated rings. The number of rotatable bonds is 4. The molecule has 0 aliphatic rings. The lowest BCUT2D eigenvalue weighted by Crippen LogP contribution is -2.16. The highest BCUT2D eigenvalue weighted by molar-refractivity contribution is 5.89. The van der Waals surface area contributed by atoms with Gasteiger partial charge >= 0.3 is 18.1 Å². The number of benzene rings is 2. The normalized spacial score (nSPS) is 11.6. The molecule has 0 spiro atoms. The molecular formula is C16H10F3NO5. The maximum Gasteiger partial charge on any atom is 0.573 e. The van der Waals surface area contributed by atoms with Crippen LogP contribution in [0.15, 0.2) is 45.6 Å². The average molecular weight is 353 g/mol. The Morgan fingerprint density at radius 1 is 1.16 bits per heavy atom. The van der Waals surface area contributed by atoms with E-state index in [1.165, 1.54) is 24.3 Å². The van der Waals surface area contributed by atoms with E-state index in [0.717, 1.165) is 12.1 Å². The molecule has 0 aliphatic carbocycles. The van der Waals surface area contributed by atoms with Gasteiger partial charge in [0.05, 0.1) is 11.9 Å². The molecule has 6 nitrogen and oxygen atoms in total. The zero-order valence-electron chi connectivity index (χ0n) is 12.4. The van der Waals surface area contributed by atoms with Crippen molar-refractivity contribution in [3.8, 4) is 16.9 Å². The van der Waals surface area contributed by atoms with Crippen molar-refractivity contribution in [3.63, 3.8) is 0 Å². The Morgan fingerprint density at radius 2 is 1.84 bits per heavy atom. The van der Waals surface area contributed by atoms with Gasteiger partial charge in [-0.1, -0.05) is 18.2 Å². The van der Waals surface area contributed by atoms with Crippen LogP contribution in [0.25, 0.3) is 22.2 Å². The second kappa shape index (κ2) is 6.00. The molecule has 25 heavy (non-hydrogen) atoms. The predicted molar refractivity (Wildman–Crippen MR) is 80.3 cm³/mol. The molecule has 3 aromatic rings. The molecule has 0 bridgehead atoms. The molecule has 0 atom stereocenters. The third-order valence-electron chi connectivity index (χ3n) is 3.43. The number of oxazole rings is 1. The van der Waals surface area contributed by atoms with Gasteiger partial charge in [0.1, 0.15) is 5.75 Å². The second-order valence-electron chi connectivity index (χ2n) is 5.12. The molecule has 0 aliphatic heterocycles. The summed E-state index contributed by atoms with van der Waals surface area (Å²) < 4.78 is 45.4. The zero-order valence-corrected chi connectivity index (χ0v) is 12.4. The summed E-state index contributed by atoms with van der Waals surface area (Å²) >= 11 is 0. The SMILES string of the molecule is O=C(O)Cc1c(-c2ccc(OC(F)(F)F)cc2)ccc2oc(=O)[nH]c12. The number of aromatic amines is 1. The van der Waals surface area contributed by atoms with Gasteiger partial charge in [-0.2, -0.15) is 0 Å². The number of fused-ring (bicyclic) bond motifs is 1. The van der Waals surface area contributed by atoms with E-state index < -0.39 is 30.3 Å². The van der Waals surface area contributed by atoms with E-state index >= 15 is 0 Å². The Balaban J connectivity index is 2.08. The van der Waals surface area contributed by atoms with Crippen LogP contribution in [-0.4, -0.2) is 22.4 Å². The fraction of sp³-hybridized carbons (Fsp3) is 0.125. The minimum atomic E-state index is -4.80. The summed E-state index contributed by atoms with van der Waals surface area (Å²) in [5.41, 5.74) is 1.64. The fourth-order valence-electron chi connectivity index (χ4n) is 2.52. The van der Waals surface area contributed by atoms with E-state index in [4.69, 9.17) is 9.52 Å². The summed E-state index contributed by atoms with van der Waals surface area (Å²) in [5, 5.41) is 9.11. The number of H-pyrrole nitrogens is 1. The topological polar surface area (TPSA) is 92.5 Å². The van der Waals surface area contributed by atoms with E-state index in [-0.39, 0.29) is 11.1 Å². The highest BCUT2D eigenvalue weighted by Gasteiger charge is 2.31. The molecule has 9 heteroatoms. The third-order valence-corrected chi connectivity index (χ3v) is 3.43. The van der Waals surface area contributed by atoms with E-state index in [9.17, 15) is 22.8 Å². The number of carboxylic acids is 1. The van der Waals surface area contributed by atoms with Crippen LogP contribution in [0.4, 0.5) is 13.2 Å². The summed E-state index contributed by atoms with van der Waals surface area (Å²) in [6, 6.07) is 7.99. The quantitative estimate of drug-likeness (QED) is 0.751. The van der Waals surface area contributed by atoms with Crippen molar-refractivity contribution < 1.29 is 32.2 Å². The van der Waals surface area contributed by atoms with Crippen LogP contribution in [0.2, 0.25) is 0 Å². The molecule has 0 unspecified atom stereocenters. The summed E-state index contributed by atoms with van der Waals surface area (Å²) in [7, 11) is 0. The van der Waals surface area contributed by atoms with Crippen molar-refractivity contribution in [2.75, 3.05) is 0 Å². The highest BCUT2D eigenvalue weighted by atomic mass is 19.4. The smallest absolute Gasteiger partial charge is 0.481 e.